The van der Waals surface area contributed by atoms with Crippen molar-refractivity contribution in [2.75, 3.05) is 13.7 Å². The molecule has 1 fully saturated rings. The maximum absolute atomic E-state index is 6.05. The Hall–Kier alpha value is -1.06. The monoisotopic (exact) mass is 291 g/mol. The normalized spacial score (nSPS) is 30.4. The molecule has 1 heterocycles. The topological polar surface area (TPSA) is 30.5 Å². The van der Waals surface area contributed by atoms with Gasteiger partial charge >= 0.3 is 0 Å². The summed E-state index contributed by atoms with van der Waals surface area (Å²) in [5.74, 6) is 1.99. The smallest absolute Gasteiger partial charge is 0.121 e. The highest BCUT2D eigenvalue weighted by Gasteiger charge is 2.41. The van der Waals surface area contributed by atoms with Gasteiger partial charge in [-0.1, -0.05) is 26.0 Å². The van der Waals surface area contributed by atoms with Gasteiger partial charge in [0.2, 0.25) is 0 Å². The molecule has 0 saturated carbocycles. The van der Waals surface area contributed by atoms with Gasteiger partial charge in [0, 0.05) is 12.0 Å². The van der Waals surface area contributed by atoms with Crippen LogP contribution in [0.1, 0.15) is 44.9 Å². The van der Waals surface area contributed by atoms with Crippen LogP contribution in [-0.4, -0.2) is 25.9 Å². The van der Waals surface area contributed by atoms with Crippen LogP contribution < -0.4 is 10.1 Å². The second kappa shape index (κ2) is 6.80. The summed E-state index contributed by atoms with van der Waals surface area (Å²) in [7, 11) is 1.72. The minimum absolute atomic E-state index is 0.279. The van der Waals surface area contributed by atoms with E-state index in [-0.39, 0.29) is 6.10 Å². The third kappa shape index (κ3) is 3.24. The Morgan fingerprint density at radius 3 is 2.43 bits per heavy atom. The first kappa shape index (κ1) is 16.3. The highest BCUT2D eigenvalue weighted by molar-refractivity contribution is 5.37. The van der Waals surface area contributed by atoms with Crippen LogP contribution in [-0.2, 0) is 4.74 Å². The zero-order valence-electron chi connectivity index (χ0n) is 14.1. The molecular weight excluding hydrogens is 262 g/mol. The molecular formula is C18H29NO2. The molecule has 2 rings (SSSR count). The average molecular weight is 291 g/mol. The predicted molar refractivity (Wildman–Crippen MR) is 86.8 cm³/mol. The van der Waals surface area contributed by atoms with Crippen LogP contribution in [0.4, 0.5) is 0 Å². The minimum atomic E-state index is 0.279. The standard InChI is InChI=1S/C18H29NO2/c1-7-19-18(17-12(3)13(4)21-14(17)5)15-8-9-16(20-6)11(2)10-15/h8-10,12-14,17-19H,7H2,1-6H3. The number of rotatable bonds is 5. The highest BCUT2D eigenvalue weighted by Crippen LogP contribution is 2.41. The number of nitrogens with one attached hydrogen (secondary N) is 1. The molecule has 1 saturated heterocycles. The number of methoxy groups -OCH3 is 1. The van der Waals surface area contributed by atoms with Crippen molar-refractivity contribution in [1.29, 1.82) is 0 Å². The Morgan fingerprint density at radius 2 is 1.95 bits per heavy atom. The van der Waals surface area contributed by atoms with Gasteiger partial charge in [0.15, 0.2) is 0 Å². The largest absolute Gasteiger partial charge is 0.496 e. The number of aryl methyl sites for hydroxylation is 1. The van der Waals surface area contributed by atoms with E-state index in [1.54, 1.807) is 7.11 Å². The van der Waals surface area contributed by atoms with E-state index in [0.29, 0.717) is 24.0 Å². The molecule has 0 radical (unpaired) electrons. The molecule has 1 N–H and O–H groups in total. The highest BCUT2D eigenvalue weighted by atomic mass is 16.5. The molecule has 21 heavy (non-hydrogen) atoms. The molecule has 0 spiro atoms. The Bertz CT molecular complexity index is 474. The molecule has 3 nitrogen and oxygen atoms in total. The van der Waals surface area contributed by atoms with Crippen molar-refractivity contribution in [2.45, 2.75) is 52.9 Å². The lowest BCUT2D eigenvalue weighted by Gasteiger charge is -2.30. The summed E-state index contributed by atoms with van der Waals surface area (Å²) in [6.07, 6.45) is 0.604. The van der Waals surface area contributed by atoms with Crippen LogP contribution in [0.15, 0.2) is 18.2 Å². The lowest BCUT2D eigenvalue weighted by Crippen LogP contribution is -2.35. The Labute approximate surface area is 129 Å². The summed E-state index contributed by atoms with van der Waals surface area (Å²) in [5, 5.41) is 3.67. The zero-order chi connectivity index (χ0) is 15.6. The number of hydrogen-bond acceptors (Lipinski definition) is 3. The van der Waals surface area contributed by atoms with Gasteiger partial charge in [-0.2, -0.15) is 0 Å². The zero-order valence-corrected chi connectivity index (χ0v) is 14.1. The Balaban J connectivity index is 2.32. The minimum Gasteiger partial charge on any atom is -0.496 e. The first-order valence-electron chi connectivity index (χ1n) is 8.03. The number of hydrogen-bond donors (Lipinski definition) is 1. The van der Waals surface area contributed by atoms with Crippen LogP contribution >= 0.6 is 0 Å². The molecule has 1 aliphatic heterocycles. The third-order valence-electron chi connectivity index (χ3n) is 4.91. The fourth-order valence-electron chi connectivity index (χ4n) is 3.66. The van der Waals surface area contributed by atoms with Gasteiger partial charge in [-0.3, -0.25) is 0 Å². The third-order valence-corrected chi connectivity index (χ3v) is 4.91. The quantitative estimate of drug-likeness (QED) is 0.897. The van der Waals surface area contributed by atoms with E-state index < -0.39 is 0 Å². The van der Waals surface area contributed by atoms with E-state index in [4.69, 9.17) is 9.47 Å². The Morgan fingerprint density at radius 1 is 1.24 bits per heavy atom. The summed E-state index contributed by atoms with van der Waals surface area (Å²) in [6, 6.07) is 6.83. The molecule has 0 aliphatic carbocycles. The van der Waals surface area contributed by atoms with E-state index in [1.807, 2.05) is 0 Å². The van der Waals surface area contributed by atoms with Crippen LogP contribution in [0.5, 0.6) is 5.75 Å². The molecule has 0 amide bonds. The molecule has 5 unspecified atom stereocenters. The van der Waals surface area contributed by atoms with Gasteiger partial charge in [0.05, 0.1) is 19.3 Å². The second-order valence-electron chi connectivity index (χ2n) is 6.25. The summed E-state index contributed by atoms with van der Waals surface area (Å²) >= 11 is 0. The summed E-state index contributed by atoms with van der Waals surface area (Å²) in [5.41, 5.74) is 2.52. The molecule has 0 aromatic heterocycles. The summed E-state index contributed by atoms with van der Waals surface area (Å²) in [4.78, 5) is 0. The van der Waals surface area contributed by atoms with Gasteiger partial charge in [-0.25, -0.2) is 0 Å². The van der Waals surface area contributed by atoms with Gasteiger partial charge in [-0.05, 0) is 50.4 Å². The molecule has 1 aromatic carbocycles. The van der Waals surface area contributed by atoms with Crippen LogP contribution in [0.2, 0.25) is 0 Å². The van der Waals surface area contributed by atoms with E-state index in [9.17, 15) is 0 Å². The first-order chi connectivity index (χ1) is 9.99. The predicted octanol–water partition coefficient (Wildman–Crippen LogP) is 3.71. The van der Waals surface area contributed by atoms with Crippen molar-refractivity contribution in [3.05, 3.63) is 29.3 Å². The van der Waals surface area contributed by atoms with E-state index in [2.05, 4.69) is 58.1 Å². The molecule has 118 valence electrons. The summed E-state index contributed by atoms with van der Waals surface area (Å²) in [6.45, 7) is 11.9. The molecule has 1 aliphatic rings. The van der Waals surface area contributed by atoms with Gasteiger partial charge in [0.1, 0.15) is 5.75 Å². The Kier molecular flexibility index (Phi) is 5.28. The number of benzene rings is 1. The van der Waals surface area contributed by atoms with Crippen molar-refractivity contribution < 1.29 is 9.47 Å². The van der Waals surface area contributed by atoms with Crippen molar-refractivity contribution in [3.8, 4) is 5.75 Å². The van der Waals surface area contributed by atoms with Crippen LogP contribution in [0.25, 0.3) is 0 Å². The van der Waals surface area contributed by atoms with Crippen molar-refractivity contribution in [1.82, 2.24) is 5.32 Å². The first-order valence-corrected chi connectivity index (χ1v) is 8.03. The summed E-state index contributed by atoms with van der Waals surface area (Å²) < 4.78 is 11.4. The fourth-order valence-corrected chi connectivity index (χ4v) is 3.66. The molecule has 3 heteroatoms. The van der Waals surface area contributed by atoms with Crippen molar-refractivity contribution in [2.24, 2.45) is 11.8 Å². The lowest BCUT2D eigenvalue weighted by atomic mass is 9.80. The van der Waals surface area contributed by atoms with E-state index in [0.717, 1.165) is 12.3 Å². The average Bonchev–Trinajstić information content (AvgIpc) is 2.70. The maximum atomic E-state index is 6.05. The van der Waals surface area contributed by atoms with Crippen molar-refractivity contribution >= 4 is 0 Å². The van der Waals surface area contributed by atoms with Gasteiger partial charge in [-0.15, -0.1) is 0 Å². The fraction of sp³-hybridized carbons (Fsp3) is 0.667. The number of ether oxygens (including phenoxy) is 2. The molecule has 0 bridgehead atoms. The van der Waals surface area contributed by atoms with E-state index in [1.165, 1.54) is 11.1 Å². The molecule has 1 aromatic rings. The van der Waals surface area contributed by atoms with E-state index >= 15 is 0 Å². The van der Waals surface area contributed by atoms with Gasteiger partial charge < -0.3 is 14.8 Å². The SMILES string of the molecule is CCNC(c1ccc(OC)c(C)c1)C1C(C)OC(C)C1C. The van der Waals surface area contributed by atoms with Crippen LogP contribution in [0.3, 0.4) is 0 Å². The van der Waals surface area contributed by atoms with Crippen molar-refractivity contribution in [3.63, 3.8) is 0 Å². The maximum Gasteiger partial charge on any atom is 0.121 e. The molecule has 5 atom stereocenters. The van der Waals surface area contributed by atoms with Gasteiger partial charge in [0.25, 0.3) is 0 Å². The lowest BCUT2D eigenvalue weighted by molar-refractivity contribution is 0.0475. The second-order valence-corrected chi connectivity index (χ2v) is 6.25. The van der Waals surface area contributed by atoms with Crippen LogP contribution in [0, 0.1) is 18.8 Å².